The van der Waals surface area contributed by atoms with Crippen LogP contribution >= 0.6 is 0 Å². The number of anilines is 3. The van der Waals surface area contributed by atoms with Gasteiger partial charge in [-0.25, -0.2) is 0 Å². The Balaban J connectivity index is 0.968. The van der Waals surface area contributed by atoms with E-state index in [1.807, 2.05) is 30.3 Å². The van der Waals surface area contributed by atoms with Crippen LogP contribution in [0.15, 0.2) is 238 Å². The molecule has 0 atom stereocenters. The summed E-state index contributed by atoms with van der Waals surface area (Å²) in [4.78, 5) is 2.30. The molecule has 10 aromatic carbocycles. The number of furan rings is 3. The highest BCUT2D eigenvalue weighted by Gasteiger charge is 2.23. The monoisotopic (exact) mass is 819 g/mol. The molecule has 0 fully saturated rings. The highest BCUT2D eigenvalue weighted by atomic mass is 16.3. The van der Waals surface area contributed by atoms with Crippen molar-refractivity contribution in [3.05, 3.63) is 224 Å². The van der Waals surface area contributed by atoms with Gasteiger partial charge in [0.25, 0.3) is 0 Å². The molecular formula is C60H37NO3. The Morgan fingerprint density at radius 3 is 1.45 bits per heavy atom. The van der Waals surface area contributed by atoms with Gasteiger partial charge in [-0.2, -0.15) is 0 Å². The predicted octanol–water partition coefficient (Wildman–Crippen LogP) is 17.5. The Labute approximate surface area is 368 Å². The third-order valence-corrected chi connectivity index (χ3v) is 12.7. The van der Waals surface area contributed by atoms with Crippen LogP contribution in [-0.2, 0) is 0 Å². The van der Waals surface area contributed by atoms with E-state index in [1.54, 1.807) is 0 Å². The van der Waals surface area contributed by atoms with Crippen LogP contribution in [0.1, 0.15) is 0 Å². The van der Waals surface area contributed by atoms with Gasteiger partial charge in [-0.05, 0) is 88.0 Å². The molecule has 3 aromatic heterocycles. The summed E-state index contributed by atoms with van der Waals surface area (Å²) in [5.41, 5.74) is 17.1. The van der Waals surface area contributed by atoms with E-state index in [1.165, 1.54) is 11.1 Å². The number of hydrogen-bond acceptors (Lipinski definition) is 4. The smallest absolute Gasteiger partial charge is 0.144 e. The van der Waals surface area contributed by atoms with E-state index in [-0.39, 0.29) is 0 Å². The van der Waals surface area contributed by atoms with Gasteiger partial charge in [0.05, 0.1) is 0 Å². The Morgan fingerprint density at radius 2 is 0.766 bits per heavy atom. The quantitative estimate of drug-likeness (QED) is 0.161. The first-order valence-corrected chi connectivity index (χ1v) is 21.6. The van der Waals surface area contributed by atoms with Gasteiger partial charge >= 0.3 is 0 Å². The molecular weight excluding hydrogens is 783 g/mol. The van der Waals surface area contributed by atoms with Gasteiger partial charge in [0.1, 0.15) is 33.5 Å². The van der Waals surface area contributed by atoms with E-state index < -0.39 is 0 Å². The Hall–Kier alpha value is -8.60. The number of para-hydroxylation sites is 3. The SMILES string of the molecule is c1ccc(-c2ccc(-c3c4oc5cc(N(c6ccc(-c7ccccc7)cc6)c6ccc(-c7cccc8c7oc7ccccc78)cc6)ccc5c4cc4oc5ccccc5c34)cc2)cc1. The van der Waals surface area contributed by atoms with Crippen LogP contribution in [0.25, 0.3) is 110 Å². The number of fused-ring (bicyclic) bond motifs is 9. The molecule has 4 heteroatoms. The average molecular weight is 820 g/mol. The number of benzene rings is 10. The maximum Gasteiger partial charge on any atom is 0.144 e. The van der Waals surface area contributed by atoms with E-state index in [0.717, 1.165) is 116 Å². The second-order valence-electron chi connectivity index (χ2n) is 16.4. The zero-order chi connectivity index (χ0) is 42.1. The molecule has 0 unspecified atom stereocenters. The molecule has 13 aromatic rings. The third-order valence-electron chi connectivity index (χ3n) is 12.7. The van der Waals surface area contributed by atoms with E-state index in [0.29, 0.717) is 0 Å². The van der Waals surface area contributed by atoms with Crippen molar-refractivity contribution < 1.29 is 13.3 Å². The summed E-state index contributed by atoms with van der Waals surface area (Å²) in [5.74, 6) is 0. The summed E-state index contributed by atoms with van der Waals surface area (Å²) < 4.78 is 20.1. The molecule has 0 spiro atoms. The van der Waals surface area contributed by atoms with Crippen molar-refractivity contribution in [1.82, 2.24) is 0 Å². The van der Waals surface area contributed by atoms with E-state index >= 15 is 0 Å². The molecule has 0 bridgehead atoms. The summed E-state index contributed by atoms with van der Waals surface area (Å²) >= 11 is 0. The normalized spacial score (nSPS) is 11.8. The third kappa shape index (κ3) is 5.84. The molecule has 0 N–H and O–H groups in total. The molecule has 13 rings (SSSR count). The van der Waals surface area contributed by atoms with Crippen molar-refractivity contribution in [2.75, 3.05) is 4.90 Å². The van der Waals surface area contributed by atoms with Gasteiger partial charge in [0.15, 0.2) is 0 Å². The first-order chi connectivity index (χ1) is 31.7. The standard InChI is InChI=1S/C60H37NO3/c1-3-12-38(13-4-1)40-22-24-43(25-23-40)57-58-51-17-8-10-21-54(51)62-56(58)37-52-49-35-34-46(36-55(49)64-60(52)57)61(44-30-26-41(27-31-44)39-14-5-2-6-15-39)45-32-28-42(29-33-45)47-18-11-19-50-48-16-7-9-20-53(48)63-59(47)50/h1-37H. The topological polar surface area (TPSA) is 42.7 Å². The van der Waals surface area contributed by atoms with Crippen molar-refractivity contribution in [1.29, 1.82) is 0 Å². The summed E-state index contributed by atoms with van der Waals surface area (Å²) in [6.07, 6.45) is 0. The maximum atomic E-state index is 7.08. The van der Waals surface area contributed by atoms with Gasteiger partial charge in [-0.3, -0.25) is 0 Å². The minimum Gasteiger partial charge on any atom is -0.456 e. The summed E-state index contributed by atoms with van der Waals surface area (Å²) in [6.45, 7) is 0. The molecule has 0 radical (unpaired) electrons. The molecule has 0 aliphatic rings. The van der Waals surface area contributed by atoms with E-state index in [4.69, 9.17) is 13.3 Å². The number of rotatable bonds is 7. The fourth-order valence-electron chi connectivity index (χ4n) is 9.62. The molecule has 4 nitrogen and oxygen atoms in total. The lowest BCUT2D eigenvalue weighted by Gasteiger charge is -2.26. The van der Waals surface area contributed by atoms with Crippen LogP contribution in [-0.4, -0.2) is 0 Å². The first-order valence-electron chi connectivity index (χ1n) is 21.6. The Bertz CT molecular complexity index is 3860. The largest absolute Gasteiger partial charge is 0.456 e. The van der Waals surface area contributed by atoms with Crippen molar-refractivity contribution in [2.24, 2.45) is 0 Å². The zero-order valence-electron chi connectivity index (χ0n) is 34.5. The lowest BCUT2D eigenvalue weighted by Crippen LogP contribution is -2.09. The van der Waals surface area contributed by atoms with Crippen LogP contribution in [0.3, 0.4) is 0 Å². The van der Waals surface area contributed by atoms with Gasteiger partial charge in [0.2, 0.25) is 0 Å². The average Bonchev–Trinajstić information content (AvgIpc) is 4.05. The first kappa shape index (κ1) is 36.1. The van der Waals surface area contributed by atoms with Crippen molar-refractivity contribution >= 4 is 82.9 Å². The highest BCUT2D eigenvalue weighted by molar-refractivity contribution is 6.23. The molecule has 0 aliphatic heterocycles. The molecule has 0 amide bonds. The van der Waals surface area contributed by atoms with Crippen molar-refractivity contribution in [3.63, 3.8) is 0 Å². The second-order valence-corrected chi connectivity index (χ2v) is 16.4. The van der Waals surface area contributed by atoms with Crippen molar-refractivity contribution in [2.45, 2.75) is 0 Å². The number of hydrogen-bond donors (Lipinski definition) is 0. The van der Waals surface area contributed by atoms with Gasteiger partial charge in [-0.1, -0.05) is 164 Å². The lowest BCUT2D eigenvalue weighted by atomic mass is 9.95. The Morgan fingerprint density at radius 1 is 0.266 bits per heavy atom. The second kappa shape index (κ2) is 14.5. The minimum absolute atomic E-state index is 0.797. The summed E-state index contributed by atoms with van der Waals surface area (Å²) in [5, 5.41) is 6.39. The number of nitrogens with zero attached hydrogens (tertiary/aromatic N) is 1. The van der Waals surface area contributed by atoms with Crippen LogP contribution in [0.5, 0.6) is 0 Å². The van der Waals surface area contributed by atoms with Gasteiger partial charge in [-0.15, -0.1) is 0 Å². The van der Waals surface area contributed by atoms with Crippen LogP contribution < -0.4 is 4.90 Å². The minimum atomic E-state index is 0.797. The fraction of sp³-hybridized carbons (Fsp3) is 0. The maximum absolute atomic E-state index is 7.08. The highest BCUT2D eigenvalue weighted by Crippen LogP contribution is 2.47. The predicted molar refractivity (Wildman–Crippen MR) is 265 cm³/mol. The van der Waals surface area contributed by atoms with Crippen LogP contribution in [0.4, 0.5) is 17.1 Å². The van der Waals surface area contributed by atoms with Crippen LogP contribution in [0.2, 0.25) is 0 Å². The van der Waals surface area contributed by atoms with Gasteiger partial charge < -0.3 is 18.2 Å². The van der Waals surface area contributed by atoms with Crippen molar-refractivity contribution in [3.8, 4) is 44.5 Å². The zero-order valence-corrected chi connectivity index (χ0v) is 34.5. The molecule has 3 heterocycles. The summed E-state index contributed by atoms with van der Waals surface area (Å²) in [6, 6.07) is 79.0. The van der Waals surface area contributed by atoms with Gasteiger partial charge in [0, 0.05) is 66.6 Å². The molecule has 0 saturated heterocycles. The lowest BCUT2D eigenvalue weighted by molar-refractivity contribution is 0.664. The van der Waals surface area contributed by atoms with E-state index in [9.17, 15) is 0 Å². The Kier molecular flexibility index (Phi) is 8.18. The molecule has 64 heavy (non-hydrogen) atoms. The fourth-order valence-corrected chi connectivity index (χ4v) is 9.62. The molecule has 0 saturated carbocycles. The molecule has 0 aliphatic carbocycles. The molecule has 300 valence electrons. The van der Waals surface area contributed by atoms with Crippen LogP contribution in [0, 0.1) is 0 Å². The van der Waals surface area contributed by atoms with E-state index in [2.05, 4.69) is 199 Å². The summed E-state index contributed by atoms with van der Waals surface area (Å²) in [7, 11) is 0.